The van der Waals surface area contributed by atoms with Gasteiger partial charge in [0, 0.05) is 44.8 Å². The Hall–Kier alpha value is -5.44. The molecule has 1 saturated heterocycles. The summed E-state index contributed by atoms with van der Waals surface area (Å²) >= 11 is 0. The molecule has 2 heterocycles. The van der Waals surface area contributed by atoms with Gasteiger partial charge in [-0.25, -0.2) is 14.4 Å². The van der Waals surface area contributed by atoms with Crippen LogP contribution in [0.3, 0.4) is 0 Å². The van der Waals surface area contributed by atoms with Gasteiger partial charge in [0.2, 0.25) is 12.4 Å². The molecule has 1 amide bonds. The van der Waals surface area contributed by atoms with Gasteiger partial charge < -0.3 is 42.9 Å². The fourth-order valence-corrected chi connectivity index (χ4v) is 4.68. The van der Waals surface area contributed by atoms with Crippen molar-refractivity contribution in [2.75, 3.05) is 7.11 Å². The number of carbonyl (C=O) groups is 5. The number of amides is 1. The number of alkyl carbamates (subject to hydrolysis) is 1. The number of rotatable bonds is 10. The maximum absolute atomic E-state index is 12.7. The third-order valence-electron chi connectivity index (χ3n) is 6.52. The fourth-order valence-electron chi connectivity index (χ4n) is 4.68. The summed E-state index contributed by atoms with van der Waals surface area (Å²) in [4.78, 5) is 73.3. The van der Waals surface area contributed by atoms with E-state index in [0.29, 0.717) is 10.9 Å². The van der Waals surface area contributed by atoms with E-state index in [9.17, 15) is 28.8 Å². The molecule has 4 unspecified atom stereocenters. The molecule has 4 rings (SSSR count). The molecule has 0 bridgehead atoms. The number of benzene rings is 2. The second kappa shape index (κ2) is 15.0. The molecule has 1 aliphatic heterocycles. The van der Waals surface area contributed by atoms with Crippen LogP contribution in [0, 0.1) is 0 Å². The van der Waals surface area contributed by atoms with Crippen molar-refractivity contribution >= 4 is 40.9 Å². The molecule has 1 N–H and O–H groups in total. The van der Waals surface area contributed by atoms with Gasteiger partial charge in [0.15, 0.2) is 18.3 Å². The highest BCUT2D eigenvalue weighted by atomic mass is 16.7. The van der Waals surface area contributed by atoms with Crippen molar-refractivity contribution < 1.29 is 61.5 Å². The number of esters is 4. The Morgan fingerprint density at radius 3 is 2.13 bits per heavy atom. The number of ether oxygens (including phenoxy) is 7. The first-order chi connectivity index (χ1) is 21.9. The van der Waals surface area contributed by atoms with Crippen molar-refractivity contribution in [3.8, 4) is 5.75 Å². The van der Waals surface area contributed by atoms with Gasteiger partial charge in [-0.1, -0.05) is 30.3 Å². The van der Waals surface area contributed by atoms with Crippen molar-refractivity contribution in [1.29, 1.82) is 0 Å². The van der Waals surface area contributed by atoms with Crippen LogP contribution in [-0.2, 0) is 60.8 Å². The summed E-state index contributed by atoms with van der Waals surface area (Å²) in [5.41, 5.74) is 0.535. The fraction of sp³-hybridized carbons (Fsp3) is 0.355. The largest absolute Gasteiger partial charge is 0.467 e. The van der Waals surface area contributed by atoms with E-state index in [2.05, 4.69) is 5.32 Å². The molecule has 0 saturated carbocycles. The average Bonchev–Trinajstić information content (AvgIpc) is 3.00. The second-order valence-corrected chi connectivity index (χ2v) is 9.95. The second-order valence-electron chi connectivity index (χ2n) is 9.95. The smallest absolute Gasteiger partial charge is 0.407 e. The van der Waals surface area contributed by atoms with Crippen LogP contribution in [-0.4, -0.2) is 67.8 Å². The summed E-state index contributed by atoms with van der Waals surface area (Å²) in [6.07, 6.45) is -8.63. The molecule has 0 radical (unpaired) electrons. The Kier molecular flexibility index (Phi) is 10.9. The minimum Gasteiger partial charge on any atom is -0.467 e. The van der Waals surface area contributed by atoms with E-state index in [1.54, 1.807) is 12.1 Å². The van der Waals surface area contributed by atoms with Gasteiger partial charge in [0.1, 0.15) is 17.9 Å². The molecule has 1 aliphatic rings. The molecule has 46 heavy (non-hydrogen) atoms. The Morgan fingerprint density at radius 1 is 0.826 bits per heavy atom. The molecular weight excluding hydrogens is 610 g/mol. The normalized spacial score (nSPS) is 20.6. The van der Waals surface area contributed by atoms with Gasteiger partial charge in [-0.05, 0) is 23.3 Å². The van der Waals surface area contributed by atoms with E-state index in [1.165, 1.54) is 24.3 Å². The maximum atomic E-state index is 12.7. The Labute approximate surface area is 261 Å². The Balaban J connectivity index is 1.59. The number of hydrogen-bond acceptors (Lipinski definition) is 14. The van der Waals surface area contributed by atoms with Gasteiger partial charge in [-0.2, -0.15) is 0 Å². The van der Waals surface area contributed by atoms with Crippen LogP contribution in [0.15, 0.2) is 63.8 Å². The zero-order valence-electron chi connectivity index (χ0n) is 25.2. The van der Waals surface area contributed by atoms with Crippen LogP contribution in [0.5, 0.6) is 5.75 Å². The predicted molar refractivity (Wildman–Crippen MR) is 154 cm³/mol. The molecule has 3 aromatic rings. The summed E-state index contributed by atoms with van der Waals surface area (Å²) in [6, 6.07) is 14.6. The highest BCUT2D eigenvalue weighted by Gasteiger charge is 2.55. The highest BCUT2D eigenvalue weighted by Crippen LogP contribution is 2.32. The lowest BCUT2D eigenvalue weighted by Gasteiger charge is -2.43. The summed E-state index contributed by atoms with van der Waals surface area (Å²) in [6.45, 7) is 3.18. The van der Waals surface area contributed by atoms with Crippen LogP contribution in [0.4, 0.5) is 4.79 Å². The van der Waals surface area contributed by atoms with Gasteiger partial charge in [-0.15, -0.1) is 0 Å². The number of fused-ring (bicyclic) bond motifs is 1. The predicted octanol–water partition coefficient (Wildman–Crippen LogP) is 2.29. The molecule has 1 fully saturated rings. The SMILES string of the molecule is COC(=O)C1OC(Oc2ccc3c(CNC(=O)OCc4ccccc4)cc(=O)oc3c2)C(OC(C)=O)C(OC(C)=O)[C@H]1OC(C)=O. The lowest BCUT2D eigenvalue weighted by atomic mass is 9.97. The minimum atomic E-state index is -1.66. The molecule has 0 spiro atoms. The van der Waals surface area contributed by atoms with Gasteiger partial charge >= 0.3 is 35.6 Å². The number of carbonyl (C=O) groups excluding carboxylic acids is 5. The standard InChI is InChI=1S/C31H31NO14/c1-16(33)41-25-26(42-17(2)34)28(43-18(3)35)30(46-27(25)29(37)39-4)44-21-10-11-22-20(12-24(36)45-23(22)13-21)14-32-31(38)40-15-19-8-6-5-7-9-19/h5-13,25-28,30H,14-15H2,1-4H3,(H,32,38)/t25-,26?,27?,28?,30?/m1/s1. The van der Waals surface area contributed by atoms with Crippen molar-refractivity contribution in [3.05, 3.63) is 76.1 Å². The van der Waals surface area contributed by atoms with Crippen molar-refractivity contribution in [2.45, 2.75) is 64.6 Å². The van der Waals surface area contributed by atoms with E-state index in [4.69, 9.17) is 37.6 Å². The lowest BCUT2D eigenvalue weighted by molar-refractivity contribution is -0.282. The number of hydrogen-bond donors (Lipinski definition) is 1. The van der Waals surface area contributed by atoms with Crippen molar-refractivity contribution in [2.24, 2.45) is 0 Å². The molecule has 2 aromatic carbocycles. The van der Waals surface area contributed by atoms with Crippen LogP contribution in [0.25, 0.3) is 11.0 Å². The van der Waals surface area contributed by atoms with E-state index in [0.717, 1.165) is 33.4 Å². The molecule has 15 heteroatoms. The third-order valence-corrected chi connectivity index (χ3v) is 6.52. The summed E-state index contributed by atoms with van der Waals surface area (Å²) in [7, 11) is 1.06. The van der Waals surface area contributed by atoms with Gasteiger partial charge in [-0.3, -0.25) is 14.4 Å². The summed E-state index contributed by atoms with van der Waals surface area (Å²) < 4.78 is 43.0. The Morgan fingerprint density at radius 2 is 1.48 bits per heavy atom. The van der Waals surface area contributed by atoms with Crippen molar-refractivity contribution in [3.63, 3.8) is 0 Å². The maximum Gasteiger partial charge on any atom is 0.407 e. The Bertz CT molecular complexity index is 1650. The monoisotopic (exact) mass is 641 g/mol. The molecule has 244 valence electrons. The molecule has 5 atom stereocenters. The topological polar surface area (TPSA) is 192 Å². The lowest BCUT2D eigenvalue weighted by Crippen LogP contribution is -2.64. The quantitative estimate of drug-likeness (QED) is 0.193. The summed E-state index contributed by atoms with van der Waals surface area (Å²) in [5, 5.41) is 3.03. The van der Waals surface area contributed by atoms with Crippen LogP contribution < -0.4 is 15.7 Å². The van der Waals surface area contributed by atoms with Gasteiger partial charge in [0.05, 0.1) is 7.11 Å². The van der Waals surface area contributed by atoms with Gasteiger partial charge in [0.25, 0.3) is 0 Å². The average molecular weight is 642 g/mol. The van der Waals surface area contributed by atoms with E-state index in [1.807, 2.05) is 18.2 Å². The first-order valence-electron chi connectivity index (χ1n) is 13.9. The van der Waals surface area contributed by atoms with E-state index >= 15 is 0 Å². The van der Waals surface area contributed by atoms with E-state index < -0.39 is 66.3 Å². The highest BCUT2D eigenvalue weighted by molar-refractivity contribution is 5.82. The van der Waals surface area contributed by atoms with Crippen molar-refractivity contribution in [1.82, 2.24) is 5.32 Å². The molecule has 15 nitrogen and oxygen atoms in total. The van der Waals surface area contributed by atoms with Crippen LogP contribution in [0.1, 0.15) is 31.9 Å². The minimum absolute atomic E-state index is 0.0151. The first kappa shape index (κ1) is 33.5. The third kappa shape index (κ3) is 8.59. The number of methoxy groups -OCH3 is 1. The van der Waals surface area contributed by atoms with E-state index in [-0.39, 0.29) is 24.5 Å². The summed E-state index contributed by atoms with van der Waals surface area (Å²) in [5.74, 6) is -3.51. The first-order valence-corrected chi connectivity index (χ1v) is 13.9. The zero-order chi connectivity index (χ0) is 33.4. The molecule has 1 aromatic heterocycles. The number of nitrogens with one attached hydrogen (secondary N) is 1. The molecule has 0 aliphatic carbocycles. The zero-order valence-corrected chi connectivity index (χ0v) is 25.2. The van der Waals surface area contributed by atoms with Crippen LogP contribution >= 0.6 is 0 Å². The molecular formula is C31H31NO14. The van der Waals surface area contributed by atoms with Crippen LogP contribution in [0.2, 0.25) is 0 Å².